The Morgan fingerprint density at radius 1 is 1.33 bits per heavy atom. The fraction of sp³-hybridized carbons (Fsp3) is 0.0909. The van der Waals surface area contributed by atoms with Gasteiger partial charge in [0.15, 0.2) is 0 Å². The number of hydrogen-bond acceptors (Lipinski definition) is 0. The topological polar surface area (TPSA) is 0 Å². The summed E-state index contributed by atoms with van der Waals surface area (Å²) in [6.07, 6.45) is 5.06. The molecule has 0 nitrogen and oxygen atoms in total. The van der Waals surface area contributed by atoms with E-state index < -0.39 is 0 Å². The van der Waals surface area contributed by atoms with Crippen molar-refractivity contribution in [3.8, 4) is 0 Å². The van der Waals surface area contributed by atoms with Crippen molar-refractivity contribution in [2.75, 3.05) is 0 Å². The summed E-state index contributed by atoms with van der Waals surface area (Å²) in [7, 11) is 0. The normalized spacial score (nSPS) is 14.6. The molecule has 0 aromatic heterocycles. The van der Waals surface area contributed by atoms with Gasteiger partial charge in [0.05, 0.1) is 0 Å². The van der Waals surface area contributed by atoms with Crippen molar-refractivity contribution in [2.24, 2.45) is 0 Å². The molecule has 12 heavy (non-hydrogen) atoms. The highest BCUT2D eigenvalue weighted by atomic mass is 35.5. The molecule has 2 rings (SSSR count). The van der Waals surface area contributed by atoms with E-state index in [-0.39, 0.29) is 0 Å². The molecule has 0 unspecified atom stereocenters. The van der Waals surface area contributed by atoms with Crippen LogP contribution in [0.4, 0.5) is 0 Å². The number of rotatable bonds is 0. The summed E-state index contributed by atoms with van der Waals surface area (Å²) >= 11 is 6.03. The third kappa shape index (κ3) is 1.09. The molecule has 1 aromatic carbocycles. The second kappa shape index (κ2) is 2.80. The van der Waals surface area contributed by atoms with Crippen molar-refractivity contribution in [3.63, 3.8) is 0 Å². The van der Waals surface area contributed by atoms with E-state index >= 15 is 0 Å². The van der Waals surface area contributed by atoms with Crippen LogP contribution in [0.3, 0.4) is 0 Å². The fourth-order valence-corrected chi connectivity index (χ4v) is 1.73. The average molecular weight is 177 g/mol. The minimum atomic E-state index is 0.845. The molecule has 0 fully saturated rings. The Labute approximate surface area is 77.2 Å². The third-order valence-corrected chi connectivity index (χ3v) is 2.46. The molecule has 60 valence electrons. The van der Waals surface area contributed by atoms with Gasteiger partial charge in [0.2, 0.25) is 0 Å². The Morgan fingerprint density at radius 2 is 2.17 bits per heavy atom. The van der Waals surface area contributed by atoms with E-state index in [1.165, 1.54) is 11.1 Å². The molecule has 0 atom stereocenters. The average Bonchev–Trinajstić information content (AvgIpc) is 2.07. The smallest absolute Gasteiger partial charge is 0.0447 e. The first-order chi connectivity index (χ1) is 5.79. The lowest BCUT2D eigenvalue weighted by molar-refractivity contribution is 1.23. The Balaban J connectivity index is 2.65. The van der Waals surface area contributed by atoms with E-state index in [1.54, 1.807) is 0 Å². The van der Waals surface area contributed by atoms with E-state index in [1.807, 2.05) is 18.2 Å². The van der Waals surface area contributed by atoms with Crippen LogP contribution in [0.25, 0.3) is 5.57 Å². The molecule has 1 aromatic rings. The Hall–Kier alpha value is -1.01. The van der Waals surface area contributed by atoms with Crippen molar-refractivity contribution in [1.82, 2.24) is 0 Å². The number of benzene rings is 1. The molecule has 0 bridgehead atoms. The molecule has 1 heteroatoms. The molecule has 0 saturated heterocycles. The second-order valence-corrected chi connectivity index (χ2v) is 3.30. The second-order valence-electron chi connectivity index (χ2n) is 2.90. The van der Waals surface area contributed by atoms with Crippen LogP contribution in [-0.4, -0.2) is 0 Å². The zero-order valence-electron chi connectivity index (χ0n) is 6.68. The van der Waals surface area contributed by atoms with Crippen LogP contribution in [0.1, 0.15) is 11.1 Å². The van der Waals surface area contributed by atoms with Gasteiger partial charge in [-0.1, -0.05) is 42.5 Å². The van der Waals surface area contributed by atoms with Gasteiger partial charge in [-0.15, -0.1) is 0 Å². The first kappa shape index (κ1) is 7.63. The number of halogens is 1. The predicted molar refractivity (Wildman–Crippen MR) is 53.3 cm³/mol. The molecule has 1 aliphatic carbocycles. The zero-order valence-corrected chi connectivity index (χ0v) is 7.43. The van der Waals surface area contributed by atoms with Gasteiger partial charge >= 0.3 is 0 Å². The largest absolute Gasteiger partial charge is 0.0912 e. The SMILES string of the molecule is C=C1C=CCc2c(Cl)cccc21. The van der Waals surface area contributed by atoms with Gasteiger partial charge in [0.25, 0.3) is 0 Å². The van der Waals surface area contributed by atoms with E-state index in [0.29, 0.717) is 0 Å². The molecular weight excluding hydrogens is 168 g/mol. The van der Waals surface area contributed by atoms with Gasteiger partial charge in [0.1, 0.15) is 0 Å². The van der Waals surface area contributed by atoms with Crippen LogP contribution >= 0.6 is 11.6 Å². The van der Waals surface area contributed by atoms with Crippen LogP contribution in [0.2, 0.25) is 5.02 Å². The van der Waals surface area contributed by atoms with Crippen molar-refractivity contribution in [1.29, 1.82) is 0 Å². The Morgan fingerprint density at radius 3 is 2.92 bits per heavy atom. The summed E-state index contributed by atoms with van der Waals surface area (Å²) in [5.74, 6) is 0. The lowest BCUT2D eigenvalue weighted by Gasteiger charge is -2.13. The van der Waals surface area contributed by atoms with Gasteiger partial charge in [-0.3, -0.25) is 0 Å². The summed E-state index contributed by atoms with van der Waals surface area (Å²) in [6, 6.07) is 5.95. The summed E-state index contributed by atoms with van der Waals surface area (Å²) in [6.45, 7) is 3.95. The molecule has 0 aliphatic heterocycles. The monoisotopic (exact) mass is 176 g/mol. The van der Waals surface area contributed by atoms with Crippen LogP contribution in [-0.2, 0) is 6.42 Å². The number of hydrogen-bond donors (Lipinski definition) is 0. The molecule has 0 radical (unpaired) electrons. The Kier molecular flexibility index (Phi) is 1.78. The molecular formula is C11H9Cl. The van der Waals surface area contributed by atoms with Gasteiger partial charge in [0, 0.05) is 5.02 Å². The lowest BCUT2D eigenvalue weighted by atomic mass is 9.94. The van der Waals surface area contributed by atoms with Crippen molar-refractivity contribution < 1.29 is 0 Å². The maximum atomic E-state index is 6.03. The maximum absolute atomic E-state index is 6.03. The standard InChI is InChI=1S/C11H9Cl/c1-8-4-2-6-10-9(8)5-3-7-11(10)12/h2-5,7H,1,6H2. The lowest BCUT2D eigenvalue weighted by Crippen LogP contribution is -1.96. The molecule has 1 aliphatic rings. The minimum absolute atomic E-state index is 0.845. The first-order valence-corrected chi connectivity index (χ1v) is 4.30. The van der Waals surface area contributed by atoms with Gasteiger partial charge in [-0.25, -0.2) is 0 Å². The van der Waals surface area contributed by atoms with E-state index in [4.69, 9.17) is 11.6 Å². The molecule has 0 heterocycles. The van der Waals surface area contributed by atoms with Crippen LogP contribution < -0.4 is 0 Å². The summed E-state index contributed by atoms with van der Waals surface area (Å²) in [5, 5.41) is 0.845. The quantitative estimate of drug-likeness (QED) is 0.568. The number of allylic oxidation sites excluding steroid dienone is 3. The van der Waals surface area contributed by atoms with E-state index in [9.17, 15) is 0 Å². The third-order valence-electron chi connectivity index (χ3n) is 2.11. The fourth-order valence-electron chi connectivity index (χ4n) is 1.48. The van der Waals surface area contributed by atoms with Crippen LogP contribution in [0.15, 0.2) is 36.9 Å². The minimum Gasteiger partial charge on any atom is -0.0912 e. The summed E-state index contributed by atoms with van der Waals surface area (Å²) in [5.41, 5.74) is 3.44. The predicted octanol–water partition coefficient (Wildman–Crippen LogP) is 3.47. The van der Waals surface area contributed by atoms with Crippen LogP contribution in [0, 0.1) is 0 Å². The van der Waals surface area contributed by atoms with Gasteiger partial charge < -0.3 is 0 Å². The highest BCUT2D eigenvalue weighted by molar-refractivity contribution is 6.31. The highest BCUT2D eigenvalue weighted by Gasteiger charge is 2.09. The van der Waals surface area contributed by atoms with Crippen molar-refractivity contribution in [3.05, 3.63) is 53.1 Å². The maximum Gasteiger partial charge on any atom is 0.0447 e. The van der Waals surface area contributed by atoms with Crippen LogP contribution in [0.5, 0.6) is 0 Å². The van der Waals surface area contributed by atoms with Gasteiger partial charge in [-0.05, 0) is 29.2 Å². The molecule has 0 saturated carbocycles. The highest BCUT2D eigenvalue weighted by Crippen LogP contribution is 2.29. The number of fused-ring (bicyclic) bond motifs is 1. The summed E-state index contributed by atoms with van der Waals surface area (Å²) < 4.78 is 0. The molecule has 0 spiro atoms. The van der Waals surface area contributed by atoms with Gasteiger partial charge in [-0.2, -0.15) is 0 Å². The molecule has 0 amide bonds. The van der Waals surface area contributed by atoms with Crippen molar-refractivity contribution >= 4 is 17.2 Å². The first-order valence-electron chi connectivity index (χ1n) is 3.92. The summed E-state index contributed by atoms with van der Waals surface area (Å²) in [4.78, 5) is 0. The van der Waals surface area contributed by atoms with Crippen molar-refractivity contribution in [2.45, 2.75) is 6.42 Å². The Bertz CT molecular complexity index is 361. The molecule has 0 N–H and O–H groups in total. The van der Waals surface area contributed by atoms with E-state index in [2.05, 4.69) is 18.7 Å². The zero-order chi connectivity index (χ0) is 8.55. The van der Waals surface area contributed by atoms with E-state index in [0.717, 1.165) is 17.0 Å².